The lowest BCUT2D eigenvalue weighted by atomic mass is 9.99. The smallest absolute Gasteiger partial charge is 0.0138 e. The molecule has 0 aliphatic rings. The quantitative estimate of drug-likeness (QED) is 0.362. The lowest BCUT2D eigenvalue weighted by molar-refractivity contribution is 0.526. The molecule has 0 amide bonds. The van der Waals surface area contributed by atoms with E-state index in [1.165, 1.54) is 43.2 Å². The Morgan fingerprint density at radius 2 is 1.84 bits per heavy atom. The van der Waals surface area contributed by atoms with E-state index in [0.29, 0.717) is 0 Å². The molecule has 0 spiro atoms. The van der Waals surface area contributed by atoms with Crippen molar-refractivity contribution in [1.82, 2.24) is 0 Å². The maximum Gasteiger partial charge on any atom is -0.0138 e. The summed E-state index contributed by atoms with van der Waals surface area (Å²) in [6.45, 7) is 8.48. The highest BCUT2D eigenvalue weighted by Crippen LogP contribution is 2.18. The predicted octanol–water partition coefficient (Wildman–Crippen LogP) is 6.25. The SMILES string of the molecule is C=CCC(=Cc1ccccc1)CCCCCC(C)C. The summed E-state index contributed by atoms with van der Waals surface area (Å²) < 4.78 is 0. The van der Waals surface area contributed by atoms with Crippen LogP contribution in [0.25, 0.3) is 6.08 Å². The Hall–Kier alpha value is -1.30. The van der Waals surface area contributed by atoms with E-state index in [1.807, 2.05) is 6.08 Å². The van der Waals surface area contributed by atoms with Gasteiger partial charge in [-0.25, -0.2) is 0 Å². The molecule has 0 atom stereocenters. The molecule has 0 bridgehead atoms. The maximum absolute atomic E-state index is 3.87. The summed E-state index contributed by atoms with van der Waals surface area (Å²) in [5.41, 5.74) is 2.81. The van der Waals surface area contributed by atoms with Crippen molar-refractivity contribution < 1.29 is 0 Å². The third-order valence-corrected chi connectivity index (χ3v) is 3.36. The van der Waals surface area contributed by atoms with E-state index in [0.717, 1.165) is 12.3 Å². The van der Waals surface area contributed by atoms with Gasteiger partial charge in [0.2, 0.25) is 0 Å². The van der Waals surface area contributed by atoms with E-state index in [9.17, 15) is 0 Å². The van der Waals surface area contributed by atoms with Crippen molar-refractivity contribution in [1.29, 1.82) is 0 Å². The largest absolute Gasteiger partial charge is 0.103 e. The first kappa shape index (κ1) is 15.8. The molecule has 0 heteroatoms. The molecule has 0 saturated heterocycles. The third-order valence-electron chi connectivity index (χ3n) is 3.36. The Bertz CT molecular complexity index is 370. The van der Waals surface area contributed by atoms with Gasteiger partial charge >= 0.3 is 0 Å². The van der Waals surface area contributed by atoms with Gasteiger partial charge in [0.05, 0.1) is 0 Å². The second kappa shape index (κ2) is 9.61. The maximum atomic E-state index is 3.87. The lowest BCUT2D eigenvalue weighted by Crippen LogP contribution is -1.88. The molecule has 1 rings (SSSR count). The van der Waals surface area contributed by atoms with Crippen LogP contribution in [0.4, 0.5) is 0 Å². The van der Waals surface area contributed by atoms with Gasteiger partial charge in [-0.2, -0.15) is 0 Å². The van der Waals surface area contributed by atoms with Crippen molar-refractivity contribution in [3.63, 3.8) is 0 Å². The minimum Gasteiger partial charge on any atom is -0.103 e. The molecule has 19 heavy (non-hydrogen) atoms. The number of rotatable bonds is 9. The van der Waals surface area contributed by atoms with Crippen LogP contribution in [-0.2, 0) is 0 Å². The summed E-state index contributed by atoms with van der Waals surface area (Å²) in [5.74, 6) is 0.840. The fourth-order valence-electron chi connectivity index (χ4n) is 2.28. The van der Waals surface area contributed by atoms with Crippen LogP contribution in [0.5, 0.6) is 0 Å². The van der Waals surface area contributed by atoms with E-state index in [-0.39, 0.29) is 0 Å². The minimum atomic E-state index is 0.840. The Kier molecular flexibility index (Phi) is 7.97. The molecule has 0 aliphatic heterocycles. The van der Waals surface area contributed by atoms with Gasteiger partial charge in [0.15, 0.2) is 0 Å². The van der Waals surface area contributed by atoms with Crippen LogP contribution in [0.3, 0.4) is 0 Å². The number of allylic oxidation sites excluding steroid dienone is 2. The molecule has 0 unspecified atom stereocenters. The van der Waals surface area contributed by atoms with Crippen molar-refractivity contribution in [3.05, 3.63) is 54.1 Å². The molecule has 0 radical (unpaired) electrons. The zero-order chi connectivity index (χ0) is 13.9. The van der Waals surface area contributed by atoms with E-state index in [1.54, 1.807) is 0 Å². The highest BCUT2D eigenvalue weighted by Gasteiger charge is 1.98. The van der Waals surface area contributed by atoms with Gasteiger partial charge in [-0.15, -0.1) is 6.58 Å². The third kappa shape index (κ3) is 7.66. The lowest BCUT2D eigenvalue weighted by Gasteiger charge is -2.07. The number of hydrogen-bond donors (Lipinski definition) is 0. The molecular formula is C19H28. The molecule has 0 saturated carbocycles. The minimum absolute atomic E-state index is 0.840. The van der Waals surface area contributed by atoms with Crippen LogP contribution in [-0.4, -0.2) is 0 Å². The normalized spacial score (nSPS) is 11.8. The summed E-state index contributed by atoms with van der Waals surface area (Å²) >= 11 is 0. The zero-order valence-electron chi connectivity index (χ0n) is 12.6. The summed E-state index contributed by atoms with van der Waals surface area (Å²) in [4.78, 5) is 0. The number of benzene rings is 1. The van der Waals surface area contributed by atoms with Gasteiger partial charge in [0.25, 0.3) is 0 Å². The van der Waals surface area contributed by atoms with Crippen molar-refractivity contribution >= 4 is 6.08 Å². The predicted molar refractivity (Wildman–Crippen MR) is 87.2 cm³/mol. The number of hydrogen-bond acceptors (Lipinski definition) is 0. The van der Waals surface area contributed by atoms with Crippen LogP contribution in [0.1, 0.15) is 57.9 Å². The molecule has 0 N–H and O–H groups in total. The highest BCUT2D eigenvalue weighted by atomic mass is 14.0. The fourth-order valence-corrected chi connectivity index (χ4v) is 2.28. The van der Waals surface area contributed by atoms with Crippen molar-refractivity contribution in [2.45, 2.75) is 52.4 Å². The van der Waals surface area contributed by atoms with E-state index < -0.39 is 0 Å². The van der Waals surface area contributed by atoms with Gasteiger partial charge in [-0.1, -0.05) is 81.2 Å². The topological polar surface area (TPSA) is 0 Å². The number of unbranched alkanes of at least 4 members (excludes halogenated alkanes) is 2. The van der Waals surface area contributed by atoms with Crippen LogP contribution in [0.15, 0.2) is 48.6 Å². The van der Waals surface area contributed by atoms with Gasteiger partial charge in [0.1, 0.15) is 0 Å². The first-order valence-corrected chi connectivity index (χ1v) is 7.57. The molecule has 0 aliphatic carbocycles. The molecule has 0 aromatic heterocycles. The van der Waals surface area contributed by atoms with Crippen LogP contribution in [0, 0.1) is 5.92 Å². The van der Waals surface area contributed by atoms with Crippen molar-refractivity contribution in [2.75, 3.05) is 0 Å². The van der Waals surface area contributed by atoms with Gasteiger partial charge < -0.3 is 0 Å². The second-order valence-corrected chi connectivity index (χ2v) is 5.70. The Labute approximate surface area is 119 Å². The van der Waals surface area contributed by atoms with E-state index in [2.05, 4.69) is 56.8 Å². The highest BCUT2D eigenvalue weighted by molar-refractivity contribution is 5.52. The van der Waals surface area contributed by atoms with E-state index in [4.69, 9.17) is 0 Å². The van der Waals surface area contributed by atoms with Crippen molar-refractivity contribution in [2.24, 2.45) is 5.92 Å². The standard InChI is InChI=1S/C19H28/c1-4-11-18(13-8-5-7-12-17(2)3)16-19-14-9-6-10-15-19/h4,6,9-10,14-17H,1,5,7-8,11-13H2,2-3H3. The molecule has 1 aromatic carbocycles. The molecule has 1 aromatic rings. The summed E-state index contributed by atoms with van der Waals surface area (Å²) in [7, 11) is 0. The van der Waals surface area contributed by atoms with Gasteiger partial charge in [-0.05, 0) is 30.7 Å². The van der Waals surface area contributed by atoms with Gasteiger partial charge in [0, 0.05) is 0 Å². The van der Waals surface area contributed by atoms with Crippen molar-refractivity contribution in [3.8, 4) is 0 Å². The molecular weight excluding hydrogens is 228 g/mol. The van der Waals surface area contributed by atoms with Crippen LogP contribution < -0.4 is 0 Å². The summed E-state index contributed by atoms with van der Waals surface area (Å²) in [6.07, 6.45) is 11.9. The van der Waals surface area contributed by atoms with Crippen LogP contribution >= 0.6 is 0 Å². The Morgan fingerprint density at radius 1 is 1.11 bits per heavy atom. The second-order valence-electron chi connectivity index (χ2n) is 5.70. The monoisotopic (exact) mass is 256 g/mol. The first-order valence-electron chi connectivity index (χ1n) is 7.57. The molecule has 0 heterocycles. The Morgan fingerprint density at radius 3 is 2.47 bits per heavy atom. The van der Waals surface area contributed by atoms with Crippen LogP contribution in [0.2, 0.25) is 0 Å². The zero-order valence-corrected chi connectivity index (χ0v) is 12.6. The molecule has 104 valence electrons. The van der Waals surface area contributed by atoms with Gasteiger partial charge in [-0.3, -0.25) is 0 Å². The fraction of sp³-hybridized carbons (Fsp3) is 0.474. The first-order chi connectivity index (χ1) is 9.22. The molecule has 0 nitrogen and oxygen atoms in total. The summed E-state index contributed by atoms with van der Waals surface area (Å²) in [6, 6.07) is 10.6. The Balaban J connectivity index is 2.40. The summed E-state index contributed by atoms with van der Waals surface area (Å²) in [5, 5.41) is 0. The average molecular weight is 256 g/mol. The van der Waals surface area contributed by atoms with E-state index >= 15 is 0 Å². The molecule has 0 fully saturated rings. The average Bonchev–Trinajstić information content (AvgIpc) is 2.39.